The molecule has 3 saturated heterocycles. The minimum atomic E-state index is -2.05. The number of hydrogen-bond acceptors (Lipinski definition) is 22. The van der Waals surface area contributed by atoms with Crippen molar-refractivity contribution in [2.24, 2.45) is 0 Å². The van der Waals surface area contributed by atoms with Gasteiger partial charge in [0, 0.05) is 23.8 Å². The number of carbonyl (C=O) groups is 1. The summed E-state index contributed by atoms with van der Waals surface area (Å²) in [6.07, 6.45) is -23.8. The molecule has 3 fully saturated rings. The molecule has 0 spiro atoms. The van der Waals surface area contributed by atoms with Gasteiger partial charge in [-0.05, 0) is 55.0 Å². The van der Waals surface area contributed by atoms with Gasteiger partial charge in [-0.15, -0.1) is 0 Å². The van der Waals surface area contributed by atoms with Crippen molar-refractivity contribution >= 4 is 23.0 Å². The summed E-state index contributed by atoms with van der Waals surface area (Å²) in [5, 5.41) is 125. The maximum absolute atomic E-state index is 14.4. The summed E-state index contributed by atoms with van der Waals surface area (Å²) in [5.74, 6) is -3.31. The highest BCUT2D eigenvalue weighted by atomic mass is 16.8. The normalized spacial score (nSPS) is 33.2. The molecule has 1 aromatic heterocycles. The predicted octanol–water partition coefficient (Wildman–Crippen LogP) is -1.95. The molecule has 15 atom stereocenters. The molecule has 0 radical (unpaired) electrons. The fourth-order valence-corrected chi connectivity index (χ4v) is 7.28. The first-order chi connectivity index (χ1) is 30.5. The summed E-state index contributed by atoms with van der Waals surface area (Å²) in [5.41, 5.74) is -0.820. The number of aromatic hydroxyl groups is 3. The van der Waals surface area contributed by atoms with Gasteiger partial charge in [-0.2, -0.15) is 0 Å². The van der Waals surface area contributed by atoms with Gasteiger partial charge in [-0.3, -0.25) is 4.79 Å². The van der Waals surface area contributed by atoms with Gasteiger partial charge in [0.05, 0.1) is 19.3 Å². The van der Waals surface area contributed by atoms with Crippen molar-refractivity contribution in [1.82, 2.24) is 0 Å². The Morgan fingerprint density at radius 3 is 1.94 bits per heavy atom. The van der Waals surface area contributed by atoms with Gasteiger partial charge in [-0.1, -0.05) is 12.1 Å². The van der Waals surface area contributed by atoms with E-state index in [0.717, 1.165) is 18.2 Å². The van der Waals surface area contributed by atoms with Gasteiger partial charge in [0.1, 0.15) is 88.9 Å². The van der Waals surface area contributed by atoms with Crippen LogP contribution in [0.1, 0.15) is 12.5 Å². The fraction of sp³-hybridized carbons (Fsp3) is 0.429. The van der Waals surface area contributed by atoms with Crippen molar-refractivity contribution < 1.29 is 104 Å². The van der Waals surface area contributed by atoms with Gasteiger partial charge < -0.3 is 98.9 Å². The minimum absolute atomic E-state index is 0.00649. The zero-order valence-electron chi connectivity index (χ0n) is 33.5. The highest BCUT2D eigenvalue weighted by molar-refractivity contribution is 5.88. The Hall–Kier alpha value is -5.44. The average Bonchev–Trinajstić information content (AvgIpc) is 3.27. The van der Waals surface area contributed by atoms with E-state index in [4.69, 9.17) is 37.6 Å². The Labute approximate surface area is 361 Å². The molecule has 0 saturated carbocycles. The third-order valence-corrected chi connectivity index (χ3v) is 10.8. The lowest BCUT2D eigenvalue weighted by molar-refractivity contribution is -0.355. The van der Waals surface area contributed by atoms with Gasteiger partial charge >= 0.3 is 5.97 Å². The molecule has 0 aliphatic carbocycles. The van der Waals surface area contributed by atoms with Crippen molar-refractivity contribution in [1.29, 1.82) is 0 Å². The molecule has 12 N–H and O–H groups in total. The molecular formula is C42H46O22. The number of rotatable bonds is 12. The number of ether oxygens (including phenoxy) is 7. The highest BCUT2D eigenvalue weighted by Gasteiger charge is 2.52. The van der Waals surface area contributed by atoms with Crippen LogP contribution < -0.4 is 14.9 Å². The number of phenolic OH excluding ortho intramolecular Hbond substituents is 3. The van der Waals surface area contributed by atoms with E-state index in [1.54, 1.807) is 0 Å². The number of benzene rings is 3. The molecule has 15 unspecified atom stereocenters. The smallest absolute Gasteiger partial charge is 0.331 e. The number of aliphatic hydroxyl groups excluding tert-OH is 9. The third-order valence-electron chi connectivity index (χ3n) is 10.8. The van der Waals surface area contributed by atoms with Crippen LogP contribution in [0.25, 0.3) is 28.4 Å². The summed E-state index contributed by atoms with van der Waals surface area (Å²) < 4.78 is 45.9. The zero-order chi connectivity index (χ0) is 46.1. The molecule has 22 nitrogen and oxygen atoms in total. The lowest BCUT2D eigenvalue weighted by Crippen LogP contribution is -2.65. The van der Waals surface area contributed by atoms with Crippen molar-refractivity contribution in [3.63, 3.8) is 0 Å². The second kappa shape index (κ2) is 19.3. The second-order valence-electron chi connectivity index (χ2n) is 15.2. The molecule has 0 bridgehead atoms. The highest BCUT2D eigenvalue weighted by Crippen LogP contribution is 2.39. The number of fused-ring (bicyclic) bond motifs is 1. The maximum Gasteiger partial charge on any atom is 0.331 e. The molecular weight excluding hydrogens is 856 g/mol. The minimum Gasteiger partial charge on any atom is -0.508 e. The number of carbonyl (C=O) groups excluding carboxylic acids is 1. The molecule has 4 heterocycles. The third kappa shape index (κ3) is 9.50. The van der Waals surface area contributed by atoms with E-state index < -0.39 is 134 Å². The van der Waals surface area contributed by atoms with E-state index in [0.29, 0.717) is 5.56 Å². The number of aliphatic hydroxyl groups is 9. The molecule has 3 aliphatic heterocycles. The lowest BCUT2D eigenvalue weighted by atomic mass is 9.97. The van der Waals surface area contributed by atoms with E-state index in [1.807, 2.05) is 0 Å². The van der Waals surface area contributed by atoms with Crippen LogP contribution >= 0.6 is 0 Å². The van der Waals surface area contributed by atoms with Crippen LogP contribution in [-0.2, 0) is 28.5 Å². The summed E-state index contributed by atoms with van der Waals surface area (Å²) in [7, 11) is 0. The molecule has 3 aliphatic rings. The van der Waals surface area contributed by atoms with Gasteiger partial charge in [0.15, 0.2) is 24.3 Å². The molecule has 22 heteroatoms. The van der Waals surface area contributed by atoms with Crippen LogP contribution in [0, 0.1) is 0 Å². The number of phenols is 3. The monoisotopic (exact) mass is 902 g/mol. The van der Waals surface area contributed by atoms with Crippen molar-refractivity contribution in [2.75, 3.05) is 13.2 Å². The van der Waals surface area contributed by atoms with Crippen LogP contribution in [0.3, 0.4) is 0 Å². The number of esters is 1. The quantitative estimate of drug-likeness (QED) is 0.0543. The van der Waals surface area contributed by atoms with E-state index in [2.05, 4.69) is 0 Å². The lowest BCUT2D eigenvalue weighted by Gasteiger charge is -2.46. The summed E-state index contributed by atoms with van der Waals surface area (Å²) in [4.78, 5) is 27.1. The molecule has 7 rings (SSSR count). The first-order valence-corrected chi connectivity index (χ1v) is 19.7. The molecule has 346 valence electrons. The van der Waals surface area contributed by atoms with Crippen LogP contribution in [0.4, 0.5) is 0 Å². The fourth-order valence-electron chi connectivity index (χ4n) is 7.28. The Bertz CT molecular complexity index is 2330. The van der Waals surface area contributed by atoms with E-state index in [9.17, 15) is 70.9 Å². The van der Waals surface area contributed by atoms with Crippen molar-refractivity contribution in [3.05, 3.63) is 82.5 Å². The average molecular weight is 903 g/mol. The summed E-state index contributed by atoms with van der Waals surface area (Å²) in [6.45, 7) is -0.300. The van der Waals surface area contributed by atoms with Crippen molar-refractivity contribution in [3.8, 4) is 40.1 Å². The SMILES string of the molecule is CC1OC(Oc2c(-c3ccc(O)cc3)oc3cc(OC4OC(CO)C(O)C(O)C4O)cc(O)c3c2=O)C(OC2OC(CO)C(OC(=O)C=Cc3ccc(O)cc3)C(O)C2O)C(O)C1O. The molecule has 4 aromatic rings. The summed E-state index contributed by atoms with van der Waals surface area (Å²) >= 11 is 0. The standard InChI is InChI=1S/C42H46O22/c1-16-28(49)32(53)39(64-41-35(56)33(54)37(25(15-44)61-41)62-26(48)11-4-17-2-7-19(45)8-3-17)42(57-16)63-38-30(51)27-22(47)12-21(58-40-34(55)31(52)29(50)24(14-43)60-40)13-23(27)59-36(38)18-5-9-20(46)10-6-18/h2-13,16,24-25,28-29,31-35,37,39-47,49-50,52-56H,14-15H2,1H3. The van der Waals surface area contributed by atoms with Crippen LogP contribution in [0.2, 0.25) is 0 Å². The molecule has 0 amide bonds. The van der Waals surface area contributed by atoms with Gasteiger partial charge in [0.2, 0.25) is 23.8 Å². The topological polar surface area (TPSA) is 355 Å². The predicted molar refractivity (Wildman–Crippen MR) is 212 cm³/mol. The van der Waals surface area contributed by atoms with Crippen LogP contribution in [-0.4, -0.2) is 173 Å². The molecule has 64 heavy (non-hydrogen) atoms. The van der Waals surface area contributed by atoms with Crippen LogP contribution in [0.15, 0.2) is 76.0 Å². The van der Waals surface area contributed by atoms with Gasteiger partial charge in [-0.25, -0.2) is 4.79 Å². The van der Waals surface area contributed by atoms with E-state index in [-0.39, 0.29) is 34.2 Å². The number of hydrogen-bond donors (Lipinski definition) is 12. The first-order valence-electron chi connectivity index (χ1n) is 19.7. The largest absolute Gasteiger partial charge is 0.508 e. The van der Waals surface area contributed by atoms with Gasteiger partial charge in [0.25, 0.3) is 0 Å². The van der Waals surface area contributed by atoms with Crippen molar-refractivity contribution in [2.45, 2.75) is 99.0 Å². The molecule has 3 aromatic carbocycles. The zero-order valence-corrected chi connectivity index (χ0v) is 33.5. The van der Waals surface area contributed by atoms with Crippen LogP contribution in [0.5, 0.6) is 28.7 Å². The Morgan fingerprint density at radius 1 is 0.672 bits per heavy atom. The first kappa shape index (κ1) is 46.5. The maximum atomic E-state index is 14.4. The Kier molecular flexibility index (Phi) is 14.1. The van der Waals surface area contributed by atoms with E-state index >= 15 is 0 Å². The Balaban J connectivity index is 1.18. The van der Waals surface area contributed by atoms with E-state index in [1.165, 1.54) is 61.5 Å². The summed E-state index contributed by atoms with van der Waals surface area (Å²) in [6, 6.07) is 13.0. The Morgan fingerprint density at radius 2 is 1.28 bits per heavy atom. The second-order valence-corrected chi connectivity index (χ2v) is 15.2.